The zero-order valence-corrected chi connectivity index (χ0v) is 14.0. The molecule has 0 amide bonds. The fourth-order valence-corrected chi connectivity index (χ4v) is 2.39. The molecule has 0 spiro atoms. The van der Waals surface area contributed by atoms with Gasteiger partial charge in [-0.1, -0.05) is 51.7 Å². The monoisotopic (exact) mass is 306 g/mol. The SMILES string of the molecule is C=C[C@@H](C[C@H](O)CCCCCCC)Oc1ccc(OC)cc1. The largest absolute Gasteiger partial charge is 0.497 e. The molecule has 1 aromatic rings. The van der Waals surface area contributed by atoms with Crippen LogP contribution in [-0.4, -0.2) is 24.4 Å². The molecule has 1 rings (SSSR count). The Morgan fingerprint density at radius 3 is 2.32 bits per heavy atom. The van der Waals surface area contributed by atoms with Crippen LogP contribution in [0.5, 0.6) is 11.5 Å². The maximum absolute atomic E-state index is 10.1. The first-order chi connectivity index (χ1) is 10.7. The van der Waals surface area contributed by atoms with Gasteiger partial charge >= 0.3 is 0 Å². The van der Waals surface area contributed by atoms with Crippen molar-refractivity contribution in [2.45, 2.75) is 64.1 Å². The Morgan fingerprint density at radius 2 is 1.73 bits per heavy atom. The minimum atomic E-state index is -0.331. The third-order valence-electron chi connectivity index (χ3n) is 3.76. The molecule has 0 bridgehead atoms. The molecule has 0 heterocycles. The molecule has 3 heteroatoms. The van der Waals surface area contributed by atoms with Crippen LogP contribution in [0.1, 0.15) is 51.9 Å². The van der Waals surface area contributed by atoms with Crippen molar-refractivity contribution < 1.29 is 14.6 Å². The molecular weight excluding hydrogens is 276 g/mol. The number of hydrogen-bond acceptors (Lipinski definition) is 3. The normalized spacial score (nSPS) is 13.4. The van der Waals surface area contributed by atoms with Crippen LogP contribution in [0.2, 0.25) is 0 Å². The van der Waals surface area contributed by atoms with E-state index < -0.39 is 0 Å². The van der Waals surface area contributed by atoms with Gasteiger partial charge in [0.25, 0.3) is 0 Å². The third kappa shape index (κ3) is 7.51. The van der Waals surface area contributed by atoms with Crippen molar-refractivity contribution in [2.75, 3.05) is 7.11 Å². The van der Waals surface area contributed by atoms with Crippen LogP contribution in [0.4, 0.5) is 0 Å². The lowest BCUT2D eigenvalue weighted by atomic mass is 10.0. The Balaban J connectivity index is 2.32. The van der Waals surface area contributed by atoms with E-state index in [1.54, 1.807) is 13.2 Å². The predicted molar refractivity (Wildman–Crippen MR) is 91.6 cm³/mol. The number of aliphatic hydroxyl groups is 1. The van der Waals surface area contributed by atoms with Crippen LogP contribution < -0.4 is 9.47 Å². The average Bonchev–Trinajstić information content (AvgIpc) is 2.54. The molecule has 2 atom stereocenters. The van der Waals surface area contributed by atoms with Crippen LogP contribution in [0, 0.1) is 0 Å². The molecule has 0 aliphatic rings. The van der Waals surface area contributed by atoms with Crippen LogP contribution in [0.25, 0.3) is 0 Å². The number of hydrogen-bond donors (Lipinski definition) is 1. The van der Waals surface area contributed by atoms with Crippen molar-refractivity contribution in [1.82, 2.24) is 0 Å². The fourth-order valence-electron chi connectivity index (χ4n) is 2.39. The summed E-state index contributed by atoms with van der Waals surface area (Å²) in [6.45, 7) is 6.01. The zero-order chi connectivity index (χ0) is 16.2. The summed E-state index contributed by atoms with van der Waals surface area (Å²) in [5, 5.41) is 10.1. The number of benzene rings is 1. The second-order valence-electron chi connectivity index (χ2n) is 5.66. The summed E-state index contributed by atoms with van der Waals surface area (Å²) in [6, 6.07) is 7.46. The first-order valence-corrected chi connectivity index (χ1v) is 8.31. The highest BCUT2D eigenvalue weighted by atomic mass is 16.5. The molecular formula is C19H30O3. The second-order valence-corrected chi connectivity index (χ2v) is 5.66. The Hall–Kier alpha value is -1.48. The van der Waals surface area contributed by atoms with Gasteiger partial charge in [0.2, 0.25) is 0 Å². The molecule has 0 aromatic heterocycles. The van der Waals surface area contributed by atoms with Gasteiger partial charge in [-0.25, -0.2) is 0 Å². The second kappa shape index (κ2) is 11.1. The maximum Gasteiger partial charge on any atom is 0.120 e. The quantitative estimate of drug-likeness (QED) is 0.448. The third-order valence-corrected chi connectivity index (χ3v) is 3.76. The molecule has 1 N–H and O–H groups in total. The van der Waals surface area contributed by atoms with Crippen molar-refractivity contribution in [1.29, 1.82) is 0 Å². The Labute approximate surface area is 135 Å². The molecule has 0 radical (unpaired) electrons. The van der Waals surface area contributed by atoms with E-state index in [-0.39, 0.29) is 12.2 Å². The Morgan fingerprint density at radius 1 is 1.09 bits per heavy atom. The molecule has 22 heavy (non-hydrogen) atoms. The Kier molecular flexibility index (Phi) is 9.40. The van der Waals surface area contributed by atoms with Crippen LogP contribution in [-0.2, 0) is 0 Å². The highest BCUT2D eigenvalue weighted by Gasteiger charge is 2.13. The number of ether oxygens (including phenoxy) is 2. The highest BCUT2D eigenvalue weighted by molar-refractivity contribution is 5.31. The van der Waals surface area contributed by atoms with Crippen LogP contribution in [0.15, 0.2) is 36.9 Å². The topological polar surface area (TPSA) is 38.7 Å². The van der Waals surface area contributed by atoms with Crippen molar-refractivity contribution in [2.24, 2.45) is 0 Å². The standard InChI is InChI=1S/C19H30O3/c1-4-6-7-8-9-10-16(20)15-17(5-2)22-19-13-11-18(21-3)12-14-19/h5,11-14,16-17,20H,2,4,6-10,15H2,1,3H3/t16-,17+/m1/s1. The summed E-state index contributed by atoms with van der Waals surface area (Å²) in [4.78, 5) is 0. The number of unbranched alkanes of at least 4 members (excludes halogenated alkanes) is 4. The van der Waals surface area contributed by atoms with E-state index in [9.17, 15) is 5.11 Å². The van der Waals surface area contributed by atoms with Gasteiger partial charge in [0.1, 0.15) is 17.6 Å². The molecule has 3 nitrogen and oxygen atoms in total. The summed E-state index contributed by atoms with van der Waals surface area (Å²) in [5.74, 6) is 1.57. The van der Waals surface area contributed by atoms with Gasteiger partial charge in [-0.3, -0.25) is 0 Å². The predicted octanol–water partition coefficient (Wildman–Crippen LogP) is 4.74. The lowest BCUT2D eigenvalue weighted by Crippen LogP contribution is -2.21. The van der Waals surface area contributed by atoms with Gasteiger partial charge in [-0.05, 0) is 30.7 Å². The molecule has 0 aliphatic heterocycles. The van der Waals surface area contributed by atoms with E-state index >= 15 is 0 Å². The summed E-state index contributed by atoms with van der Waals surface area (Å²) in [5.41, 5.74) is 0. The number of rotatable bonds is 12. The molecule has 1 aromatic carbocycles. The summed E-state index contributed by atoms with van der Waals surface area (Å²) in [6.07, 6.45) is 8.74. The molecule has 0 saturated heterocycles. The molecule has 124 valence electrons. The summed E-state index contributed by atoms with van der Waals surface area (Å²) >= 11 is 0. The van der Waals surface area contributed by atoms with Crippen molar-refractivity contribution in [3.05, 3.63) is 36.9 Å². The van der Waals surface area contributed by atoms with Gasteiger partial charge in [0.15, 0.2) is 0 Å². The first-order valence-electron chi connectivity index (χ1n) is 8.31. The van der Waals surface area contributed by atoms with Crippen LogP contribution >= 0.6 is 0 Å². The van der Waals surface area contributed by atoms with E-state index in [0.717, 1.165) is 24.3 Å². The van der Waals surface area contributed by atoms with E-state index in [1.807, 2.05) is 24.3 Å². The van der Waals surface area contributed by atoms with Gasteiger partial charge in [0, 0.05) is 6.42 Å². The molecule has 0 aliphatic carbocycles. The summed E-state index contributed by atoms with van der Waals surface area (Å²) in [7, 11) is 1.64. The van der Waals surface area contributed by atoms with Gasteiger partial charge < -0.3 is 14.6 Å². The van der Waals surface area contributed by atoms with Crippen molar-refractivity contribution in [3.8, 4) is 11.5 Å². The van der Waals surface area contributed by atoms with Crippen LogP contribution in [0.3, 0.4) is 0 Å². The number of aliphatic hydroxyl groups excluding tert-OH is 1. The minimum Gasteiger partial charge on any atom is -0.497 e. The molecule has 0 saturated carbocycles. The number of methoxy groups -OCH3 is 1. The fraction of sp³-hybridized carbons (Fsp3) is 0.579. The highest BCUT2D eigenvalue weighted by Crippen LogP contribution is 2.20. The average molecular weight is 306 g/mol. The molecule has 0 fully saturated rings. The lowest BCUT2D eigenvalue weighted by molar-refractivity contribution is 0.105. The Bertz CT molecular complexity index is 400. The summed E-state index contributed by atoms with van der Waals surface area (Å²) < 4.78 is 11.0. The van der Waals surface area contributed by atoms with Gasteiger partial charge in [-0.15, -0.1) is 0 Å². The zero-order valence-electron chi connectivity index (χ0n) is 14.0. The van der Waals surface area contributed by atoms with Crippen molar-refractivity contribution in [3.63, 3.8) is 0 Å². The minimum absolute atomic E-state index is 0.168. The van der Waals surface area contributed by atoms with Crippen molar-refractivity contribution >= 4 is 0 Å². The van der Waals surface area contributed by atoms with E-state index in [1.165, 1.54) is 25.7 Å². The lowest BCUT2D eigenvalue weighted by Gasteiger charge is -2.19. The first kappa shape index (κ1) is 18.6. The van der Waals surface area contributed by atoms with E-state index in [4.69, 9.17) is 9.47 Å². The molecule has 0 unspecified atom stereocenters. The maximum atomic E-state index is 10.1. The van der Waals surface area contributed by atoms with E-state index in [2.05, 4.69) is 13.5 Å². The van der Waals surface area contributed by atoms with Gasteiger partial charge in [-0.2, -0.15) is 0 Å². The smallest absolute Gasteiger partial charge is 0.120 e. The van der Waals surface area contributed by atoms with Gasteiger partial charge in [0.05, 0.1) is 13.2 Å². The van der Waals surface area contributed by atoms with E-state index in [0.29, 0.717) is 6.42 Å².